The van der Waals surface area contributed by atoms with Gasteiger partial charge in [-0.15, -0.1) is 0 Å². The molecule has 0 fully saturated rings. The zero-order valence-electron chi connectivity index (χ0n) is 9.37. The summed E-state index contributed by atoms with van der Waals surface area (Å²) in [6.45, 7) is 8.22. The van der Waals surface area contributed by atoms with Gasteiger partial charge >= 0.3 is 0 Å². The van der Waals surface area contributed by atoms with Gasteiger partial charge in [0.15, 0.2) is 0 Å². The Balaban J connectivity index is 2.86. The van der Waals surface area contributed by atoms with Gasteiger partial charge in [-0.3, -0.25) is 0 Å². The first-order valence-electron chi connectivity index (χ1n) is 4.95. The third-order valence-corrected chi connectivity index (χ3v) is 2.14. The molecule has 0 aromatic heterocycles. The number of rotatable bonds is 3. The van der Waals surface area contributed by atoms with Gasteiger partial charge in [0.25, 0.3) is 0 Å². The van der Waals surface area contributed by atoms with Crippen LogP contribution in [0.25, 0.3) is 0 Å². The van der Waals surface area contributed by atoms with Crippen LogP contribution in [0.5, 0.6) is 0 Å². The van der Waals surface area contributed by atoms with Crippen molar-refractivity contribution in [1.82, 2.24) is 0 Å². The second kappa shape index (κ2) is 4.01. The van der Waals surface area contributed by atoms with E-state index in [4.69, 9.17) is 10.5 Å². The van der Waals surface area contributed by atoms with Gasteiger partial charge in [-0.05, 0) is 45.4 Å². The molecule has 0 aliphatic carbocycles. The van der Waals surface area contributed by atoms with Gasteiger partial charge < -0.3 is 10.5 Å². The molecule has 0 heterocycles. The minimum Gasteiger partial charge on any atom is -0.399 e. The maximum absolute atomic E-state index is 5.82. The van der Waals surface area contributed by atoms with E-state index >= 15 is 0 Å². The molecule has 1 aromatic rings. The van der Waals surface area contributed by atoms with E-state index in [1.165, 1.54) is 0 Å². The van der Waals surface area contributed by atoms with E-state index in [0.717, 1.165) is 11.3 Å². The van der Waals surface area contributed by atoms with E-state index in [1.807, 2.05) is 38.1 Å². The number of hydrogen-bond acceptors (Lipinski definition) is 2. The summed E-state index contributed by atoms with van der Waals surface area (Å²) in [5.41, 5.74) is 7.32. The number of ether oxygens (including phenoxy) is 1. The minimum atomic E-state index is -0.248. The fourth-order valence-electron chi connectivity index (χ4n) is 1.54. The van der Waals surface area contributed by atoms with Crippen molar-refractivity contribution in [1.29, 1.82) is 0 Å². The van der Waals surface area contributed by atoms with Gasteiger partial charge in [-0.25, -0.2) is 0 Å². The molecule has 2 heteroatoms. The molecule has 78 valence electrons. The molecule has 2 N–H and O–H groups in total. The molecule has 0 aliphatic rings. The molecular formula is C12H19NO. The maximum atomic E-state index is 5.82. The number of hydrogen-bond donors (Lipinski definition) is 1. The van der Waals surface area contributed by atoms with Crippen molar-refractivity contribution in [3.8, 4) is 0 Å². The van der Waals surface area contributed by atoms with Crippen LogP contribution in [0, 0.1) is 0 Å². The molecule has 0 amide bonds. The Hall–Kier alpha value is -1.02. The zero-order chi connectivity index (χ0) is 10.8. The van der Waals surface area contributed by atoms with Crippen molar-refractivity contribution in [3.63, 3.8) is 0 Å². The Labute approximate surface area is 86.1 Å². The fraction of sp³-hybridized carbons (Fsp3) is 0.500. The topological polar surface area (TPSA) is 35.2 Å². The molecule has 0 aliphatic heterocycles. The summed E-state index contributed by atoms with van der Waals surface area (Å²) in [5.74, 6) is 0. The number of nitrogens with two attached hydrogens (primary N) is 1. The van der Waals surface area contributed by atoms with Crippen molar-refractivity contribution in [2.24, 2.45) is 0 Å². The molecule has 14 heavy (non-hydrogen) atoms. The third kappa shape index (κ3) is 2.74. The SMILES string of the molecule is CC(C)OC(C)(C)c1ccc(N)cc1. The lowest BCUT2D eigenvalue weighted by Gasteiger charge is -2.28. The molecule has 0 saturated heterocycles. The average Bonchev–Trinajstić information content (AvgIpc) is 2.02. The molecule has 0 atom stereocenters. The quantitative estimate of drug-likeness (QED) is 0.749. The van der Waals surface area contributed by atoms with E-state index in [2.05, 4.69) is 13.8 Å². The minimum absolute atomic E-state index is 0.225. The van der Waals surface area contributed by atoms with Gasteiger partial charge in [-0.2, -0.15) is 0 Å². The number of nitrogen functional groups attached to an aromatic ring is 1. The molecule has 0 unspecified atom stereocenters. The highest BCUT2D eigenvalue weighted by atomic mass is 16.5. The standard InChI is InChI=1S/C12H19NO/c1-9(2)14-12(3,4)10-5-7-11(13)8-6-10/h5-9H,13H2,1-4H3. The van der Waals surface area contributed by atoms with Crippen molar-refractivity contribution >= 4 is 5.69 Å². The van der Waals surface area contributed by atoms with E-state index in [9.17, 15) is 0 Å². The largest absolute Gasteiger partial charge is 0.399 e. The lowest BCUT2D eigenvalue weighted by Crippen LogP contribution is -2.25. The van der Waals surface area contributed by atoms with Crippen LogP contribution in [-0.2, 0) is 10.3 Å². The molecule has 0 bridgehead atoms. The van der Waals surface area contributed by atoms with Crippen LogP contribution in [0.3, 0.4) is 0 Å². The molecular weight excluding hydrogens is 174 g/mol. The number of benzene rings is 1. The summed E-state index contributed by atoms with van der Waals surface area (Å²) in [7, 11) is 0. The highest BCUT2D eigenvalue weighted by Gasteiger charge is 2.22. The van der Waals surface area contributed by atoms with Crippen LogP contribution in [0.1, 0.15) is 33.3 Å². The Morgan fingerprint density at radius 2 is 1.64 bits per heavy atom. The van der Waals surface area contributed by atoms with Crippen molar-refractivity contribution < 1.29 is 4.74 Å². The highest BCUT2D eigenvalue weighted by molar-refractivity contribution is 5.40. The Kier molecular flexibility index (Phi) is 3.17. The molecule has 0 spiro atoms. The smallest absolute Gasteiger partial charge is 0.0878 e. The van der Waals surface area contributed by atoms with Gasteiger partial charge in [0.2, 0.25) is 0 Å². The first-order valence-corrected chi connectivity index (χ1v) is 4.95. The Morgan fingerprint density at radius 1 is 1.14 bits per heavy atom. The second-order valence-electron chi connectivity index (χ2n) is 4.30. The van der Waals surface area contributed by atoms with Crippen LogP contribution in [-0.4, -0.2) is 6.10 Å². The summed E-state index contributed by atoms with van der Waals surface area (Å²) in [5, 5.41) is 0. The van der Waals surface area contributed by atoms with E-state index in [1.54, 1.807) is 0 Å². The number of anilines is 1. The van der Waals surface area contributed by atoms with Gasteiger partial charge in [0, 0.05) is 5.69 Å². The van der Waals surface area contributed by atoms with Crippen molar-refractivity contribution in [2.75, 3.05) is 5.73 Å². The van der Waals surface area contributed by atoms with E-state index < -0.39 is 0 Å². The molecule has 0 radical (unpaired) electrons. The average molecular weight is 193 g/mol. The maximum Gasteiger partial charge on any atom is 0.0878 e. The molecule has 1 rings (SSSR count). The summed E-state index contributed by atoms with van der Waals surface area (Å²) in [6.07, 6.45) is 0.225. The summed E-state index contributed by atoms with van der Waals surface area (Å²) >= 11 is 0. The van der Waals surface area contributed by atoms with Crippen LogP contribution in [0.15, 0.2) is 24.3 Å². The normalized spacial score (nSPS) is 12.1. The van der Waals surface area contributed by atoms with Crippen molar-refractivity contribution in [3.05, 3.63) is 29.8 Å². The Morgan fingerprint density at radius 3 is 2.07 bits per heavy atom. The summed E-state index contributed by atoms with van der Waals surface area (Å²) in [6, 6.07) is 7.83. The van der Waals surface area contributed by atoms with Crippen LogP contribution >= 0.6 is 0 Å². The van der Waals surface area contributed by atoms with Crippen LogP contribution in [0.4, 0.5) is 5.69 Å². The second-order valence-corrected chi connectivity index (χ2v) is 4.30. The third-order valence-electron chi connectivity index (χ3n) is 2.14. The molecule has 1 aromatic carbocycles. The lowest BCUT2D eigenvalue weighted by atomic mass is 9.97. The van der Waals surface area contributed by atoms with E-state index in [0.29, 0.717) is 0 Å². The van der Waals surface area contributed by atoms with E-state index in [-0.39, 0.29) is 11.7 Å². The predicted molar refractivity (Wildman–Crippen MR) is 60.1 cm³/mol. The lowest BCUT2D eigenvalue weighted by molar-refractivity contribution is -0.0600. The first-order chi connectivity index (χ1) is 6.42. The van der Waals surface area contributed by atoms with Gasteiger partial charge in [0.05, 0.1) is 11.7 Å². The van der Waals surface area contributed by atoms with Crippen LogP contribution < -0.4 is 5.73 Å². The summed E-state index contributed by atoms with van der Waals surface area (Å²) in [4.78, 5) is 0. The predicted octanol–water partition coefficient (Wildman–Crippen LogP) is 2.93. The molecule has 2 nitrogen and oxygen atoms in total. The molecule has 0 saturated carbocycles. The summed E-state index contributed by atoms with van der Waals surface area (Å²) < 4.78 is 5.82. The van der Waals surface area contributed by atoms with Crippen molar-refractivity contribution in [2.45, 2.75) is 39.4 Å². The van der Waals surface area contributed by atoms with Crippen LogP contribution in [0.2, 0.25) is 0 Å². The first kappa shape index (κ1) is 11.1. The fourth-order valence-corrected chi connectivity index (χ4v) is 1.54. The monoisotopic (exact) mass is 193 g/mol. The highest BCUT2D eigenvalue weighted by Crippen LogP contribution is 2.26. The Bertz CT molecular complexity index is 288. The van der Waals surface area contributed by atoms with Gasteiger partial charge in [-0.1, -0.05) is 12.1 Å². The van der Waals surface area contributed by atoms with Gasteiger partial charge in [0.1, 0.15) is 0 Å². The zero-order valence-corrected chi connectivity index (χ0v) is 9.37.